The molecule has 19 heteroatoms. The highest BCUT2D eigenvalue weighted by Crippen LogP contribution is 2.45. The quantitative estimate of drug-likeness (QED) is 0.0222. The highest BCUT2D eigenvalue weighted by Gasteiger charge is 2.30. The van der Waals surface area contributed by atoms with E-state index in [0.717, 1.165) is 114 Å². The van der Waals surface area contributed by atoms with Gasteiger partial charge in [-0.15, -0.1) is 0 Å². The van der Waals surface area contributed by atoms with Crippen LogP contribution in [0.15, 0.2) is 0 Å². The summed E-state index contributed by atoms with van der Waals surface area (Å²) in [4.78, 5) is 72.8. The predicted molar refractivity (Wildman–Crippen MR) is 381 cm³/mol. The predicted octanol–water partition coefficient (Wildman–Crippen LogP) is 21.7. The van der Waals surface area contributed by atoms with Crippen molar-refractivity contribution >= 4 is 39.5 Å². The zero-order valence-corrected chi connectivity index (χ0v) is 63.4. The number of phosphoric ester groups is 2. The summed E-state index contributed by atoms with van der Waals surface area (Å²) in [5.41, 5.74) is 0. The van der Waals surface area contributed by atoms with Gasteiger partial charge in [-0.1, -0.05) is 325 Å². The number of aliphatic hydroxyl groups excluding tert-OH is 1. The molecule has 3 N–H and O–H groups in total. The van der Waals surface area contributed by atoms with Gasteiger partial charge in [0, 0.05) is 25.7 Å². The molecule has 0 bridgehead atoms. The standard InChI is InChI=1S/C75H146O17P2/c1-9-68(8)54-46-38-30-24-25-31-39-47-55-72(77)85-61-70(91-75(80)58-50-42-33-23-19-15-17-21-28-36-44-52-66(4)5)63-89-93(81,82)87-59-69(76)60-88-94(83,84)90-64-71(62-86-73(78)56-48-40-34-26-29-37-45-53-67(6)7)92-74(79)57-49-41-32-22-18-14-12-10-11-13-16-20-27-35-43-51-65(2)3/h65-71,76H,9-64H2,1-8H3,(H,81,82)(H,83,84)/t68?,69?,70-,71-/m1/s1. The molecule has 0 saturated heterocycles. The number of carbonyl (C=O) groups is 4. The van der Waals surface area contributed by atoms with Crippen LogP contribution in [-0.2, 0) is 65.4 Å². The van der Waals surface area contributed by atoms with Crippen molar-refractivity contribution in [3.63, 3.8) is 0 Å². The minimum absolute atomic E-state index is 0.105. The Morgan fingerprint density at radius 3 is 0.755 bits per heavy atom. The molecule has 94 heavy (non-hydrogen) atoms. The Labute approximate surface area is 575 Å². The van der Waals surface area contributed by atoms with E-state index in [-0.39, 0.29) is 25.7 Å². The molecule has 0 amide bonds. The minimum Gasteiger partial charge on any atom is -0.462 e. The van der Waals surface area contributed by atoms with Gasteiger partial charge in [0.25, 0.3) is 0 Å². The molecule has 6 atom stereocenters. The largest absolute Gasteiger partial charge is 0.472 e. The number of esters is 4. The molecule has 0 aromatic rings. The molecule has 558 valence electrons. The van der Waals surface area contributed by atoms with Crippen molar-refractivity contribution in [2.45, 2.75) is 395 Å². The lowest BCUT2D eigenvalue weighted by atomic mass is 9.99. The summed E-state index contributed by atoms with van der Waals surface area (Å²) < 4.78 is 68.5. The fraction of sp³-hybridized carbons (Fsp3) is 0.947. The maximum atomic E-state index is 13.1. The zero-order valence-electron chi connectivity index (χ0n) is 61.6. The third-order valence-corrected chi connectivity index (χ3v) is 19.6. The Morgan fingerprint density at radius 1 is 0.298 bits per heavy atom. The van der Waals surface area contributed by atoms with Crippen LogP contribution in [0.25, 0.3) is 0 Å². The van der Waals surface area contributed by atoms with Crippen molar-refractivity contribution in [1.82, 2.24) is 0 Å². The Bertz CT molecular complexity index is 1850. The van der Waals surface area contributed by atoms with E-state index >= 15 is 0 Å². The highest BCUT2D eigenvalue weighted by atomic mass is 31.2. The first kappa shape index (κ1) is 92.1. The van der Waals surface area contributed by atoms with Gasteiger partial charge < -0.3 is 33.8 Å². The molecule has 0 aromatic carbocycles. The maximum absolute atomic E-state index is 13.1. The van der Waals surface area contributed by atoms with Crippen molar-refractivity contribution in [2.24, 2.45) is 23.7 Å². The lowest BCUT2D eigenvalue weighted by molar-refractivity contribution is -0.161. The van der Waals surface area contributed by atoms with E-state index in [2.05, 4.69) is 55.4 Å². The van der Waals surface area contributed by atoms with Crippen LogP contribution >= 0.6 is 15.6 Å². The average molecular weight is 1380 g/mol. The van der Waals surface area contributed by atoms with Crippen molar-refractivity contribution in [3.8, 4) is 0 Å². The van der Waals surface area contributed by atoms with Crippen LogP contribution in [-0.4, -0.2) is 96.7 Å². The summed E-state index contributed by atoms with van der Waals surface area (Å²) >= 11 is 0. The van der Waals surface area contributed by atoms with Gasteiger partial charge in [-0.05, 0) is 49.4 Å². The molecule has 0 spiro atoms. The number of ether oxygens (including phenoxy) is 4. The summed E-state index contributed by atoms with van der Waals surface area (Å²) in [7, 11) is -9.91. The first-order valence-corrected chi connectivity index (χ1v) is 41.7. The van der Waals surface area contributed by atoms with Gasteiger partial charge in [-0.3, -0.25) is 37.3 Å². The third kappa shape index (κ3) is 67.3. The number of hydrogen-bond acceptors (Lipinski definition) is 15. The highest BCUT2D eigenvalue weighted by molar-refractivity contribution is 7.47. The lowest BCUT2D eigenvalue weighted by Gasteiger charge is -2.21. The van der Waals surface area contributed by atoms with Crippen LogP contribution in [0.1, 0.15) is 376 Å². The van der Waals surface area contributed by atoms with Gasteiger partial charge in [-0.25, -0.2) is 9.13 Å². The van der Waals surface area contributed by atoms with Crippen molar-refractivity contribution in [1.29, 1.82) is 0 Å². The monoisotopic (exact) mass is 1380 g/mol. The van der Waals surface area contributed by atoms with Crippen LogP contribution in [0.4, 0.5) is 0 Å². The van der Waals surface area contributed by atoms with E-state index in [4.69, 9.17) is 37.0 Å². The van der Waals surface area contributed by atoms with Gasteiger partial charge in [-0.2, -0.15) is 0 Å². The lowest BCUT2D eigenvalue weighted by Crippen LogP contribution is -2.30. The second-order valence-corrected chi connectivity index (χ2v) is 31.6. The minimum atomic E-state index is -4.96. The Balaban J connectivity index is 5.24. The molecule has 0 fully saturated rings. The number of phosphoric acid groups is 2. The Kier molecular flexibility index (Phi) is 63.1. The number of aliphatic hydroxyl groups is 1. The Morgan fingerprint density at radius 2 is 0.511 bits per heavy atom. The van der Waals surface area contributed by atoms with Crippen LogP contribution in [0, 0.1) is 23.7 Å². The van der Waals surface area contributed by atoms with Gasteiger partial charge in [0.2, 0.25) is 0 Å². The molecule has 0 aliphatic carbocycles. The number of rotatable bonds is 72. The van der Waals surface area contributed by atoms with Crippen molar-refractivity contribution in [3.05, 3.63) is 0 Å². The molecule has 0 radical (unpaired) electrons. The van der Waals surface area contributed by atoms with Crippen LogP contribution in [0.2, 0.25) is 0 Å². The van der Waals surface area contributed by atoms with Gasteiger partial charge in [0.15, 0.2) is 12.2 Å². The topological polar surface area (TPSA) is 237 Å². The van der Waals surface area contributed by atoms with E-state index in [9.17, 15) is 43.2 Å². The number of carbonyl (C=O) groups excluding carboxylic acids is 4. The molecule has 0 aromatic heterocycles. The summed E-state index contributed by atoms with van der Waals surface area (Å²) in [5, 5.41) is 10.6. The second kappa shape index (κ2) is 64.4. The van der Waals surface area contributed by atoms with Gasteiger partial charge in [0.1, 0.15) is 19.3 Å². The summed E-state index contributed by atoms with van der Waals surface area (Å²) in [6, 6.07) is 0. The van der Waals surface area contributed by atoms with E-state index in [1.54, 1.807) is 0 Å². The smallest absolute Gasteiger partial charge is 0.462 e. The molecule has 4 unspecified atom stereocenters. The van der Waals surface area contributed by atoms with Crippen LogP contribution < -0.4 is 0 Å². The molecule has 17 nitrogen and oxygen atoms in total. The average Bonchev–Trinajstić information content (AvgIpc) is 1.31. The maximum Gasteiger partial charge on any atom is 0.472 e. The van der Waals surface area contributed by atoms with E-state index in [0.29, 0.717) is 31.6 Å². The molecule has 0 rings (SSSR count). The second-order valence-electron chi connectivity index (χ2n) is 28.7. The van der Waals surface area contributed by atoms with Crippen LogP contribution in [0.3, 0.4) is 0 Å². The number of hydrogen-bond donors (Lipinski definition) is 3. The fourth-order valence-electron chi connectivity index (χ4n) is 11.3. The summed E-state index contributed by atoms with van der Waals surface area (Å²) in [6.45, 7) is 14.2. The van der Waals surface area contributed by atoms with E-state index < -0.39 is 97.5 Å². The SMILES string of the molecule is CCC(C)CCCCCCCCCCC(=O)OC[C@H](COP(=O)(O)OCC(O)COP(=O)(O)OC[C@@H](COC(=O)CCCCCCCCCC(C)C)OC(=O)CCCCCCCCCCCCCCCCCC(C)C)OC(=O)CCCCCCCCCCCCCC(C)C. The van der Waals surface area contributed by atoms with Gasteiger partial charge >= 0.3 is 39.5 Å². The van der Waals surface area contributed by atoms with Gasteiger partial charge in [0.05, 0.1) is 26.4 Å². The van der Waals surface area contributed by atoms with E-state index in [1.807, 2.05) is 0 Å². The Hall–Kier alpha value is -1.94. The zero-order chi connectivity index (χ0) is 69.6. The normalized spacial score (nSPS) is 14.4. The van der Waals surface area contributed by atoms with E-state index in [1.165, 1.54) is 173 Å². The molecular formula is C75H146O17P2. The fourth-order valence-corrected chi connectivity index (χ4v) is 12.9. The summed E-state index contributed by atoms with van der Waals surface area (Å²) in [5.74, 6) is 0.927. The summed E-state index contributed by atoms with van der Waals surface area (Å²) in [6.07, 6.45) is 48.6. The van der Waals surface area contributed by atoms with Crippen molar-refractivity contribution < 1.29 is 80.2 Å². The van der Waals surface area contributed by atoms with Crippen LogP contribution in [0.5, 0.6) is 0 Å². The number of unbranched alkanes of at least 4 members (excludes halogenated alkanes) is 37. The molecule has 0 saturated carbocycles. The first-order valence-electron chi connectivity index (χ1n) is 38.7. The third-order valence-electron chi connectivity index (χ3n) is 17.7. The molecular weight excluding hydrogens is 1230 g/mol. The molecule has 0 aliphatic heterocycles. The molecule has 0 aliphatic rings. The first-order chi connectivity index (χ1) is 45.1. The molecule has 0 heterocycles. The van der Waals surface area contributed by atoms with Crippen molar-refractivity contribution in [2.75, 3.05) is 39.6 Å².